The van der Waals surface area contributed by atoms with Crippen molar-refractivity contribution in [2.75, 3.05) is 20.2 Å². The Morgan fingerprint density at radius 1 is 1.00 bits per heavy atom. The molecule has 3 aromatic rings. The minimum absolute atomic E-state index is 0.272. The summed E-state index contributed by atoms with van der Waals surface area (Å²) in [6, 6.07) is 25.7. The average Bonchev–Trinajstić information content (AvgIpc) is 2.85. The number of piperidine rings is 1. The molecular weight excluding hydrogens is 413 g/mol. The van der Waals surface area contributed by atoms with E-state index in [0.717, 1.165) is 37.2 Å². The van der Waals surface area contributed by atoms with E-state index in [-0.39, 0.29) is 5.82 Å². The molecule has 4 rings (SSSR count). The van der Waals surface area contributed by atoms with Crippen molar-refractivity contribution in [1.29, 1.82) is 0 Å². The summed E-state index contributed by atoms with van der Waals surface area (Å²) in [6.45, 7) is 1.99. The second-order valence-corrected chi connectivity index (χ2v) is 9.02. The molecule has 1 aliphatic heterocycles. The number of hydrogen-bond donors (Lipinski definition) is 1. The van der Waals surface area contributed by atoms with Crippen LogP contribution in [0.15, 0.2) is 78.9 Å². The molecule has 1 N–H and O–H groups in total. The predicted octanol–water partition coefficient (Wildman–Crippen LogP) is 6.34. The van der Waals surface area contributed by atoms with E-state index < -0.39 is 6.10 Å². The van der Waals surface area contributed by atoms with E-state index in [0.29, 0.717) is 18.4 Å². The van der Waals surface area contributed by atoms with Crippen molar-refractivity contribution in [2.24, 2.45) is 5.92 Å². The Labute approximate surface area is 196 Å². The third-order valence-electron chi connectivity index (χ3n) is 6.85. The zero-order valence-electron chi connectivity index (χ0n) is 19.4. The number of ether oxygens (including phenoxy) is 1. The number of aliphatic hydroxyl groups is 1. The van der Waals surface area contributed by atoms with E-state index in [1.807, 2.05) is 12.1 Å². The Bertz CT molecular complexity index is 992. The first-order valence-corrected chi connectivity index (χ1v) is 12.0. The number of para-hydroxylation sites is 1. The largest absolute Gasteiger partial charge is 0.496 e. The lowest BCUT2D eigenvalue weighted by atomic mass is 9.80. The molecule has 3 atom stereocenters. The van der Waals surface area contributed by atoms with Gasteiger partial charge in [-0.1, -0.05) is 60.7 Å². The molecule has 3 nitrogen and oxygen atoms in total. The molecule has 3 aromatic carbocycles. The van der Waals surface area contributed by atoms with E-state index in [1.54, 1.807) is 19.2 Å². The van der Waals surface area contributed by atoms with Crippen molar-refractivity contribution < 1.29 is 14.2 Å². The molecule has 0 aliphatic carbocycles. The zero-order chi connectivity index (χ0) is 23.0. The van der Waals surface area contributed by atoms with E-state index in [1.165, 1.54) is 36.1 Å². The highest BCUT2D eigenvalue weighted by molar-refractivity contribution is 5.34. The van der Waals surface area contributed by atoms with Crippen LogP contribution in [0.3, 0.4) is 0 Å². The van der Waals surface area contributed by atoms with Gasteiger partial charge in [0.2, 0.25) is 0 Å². The quantitative estimate of drug-likeness (QED) is 0.415. The fraction of sp³-hybridized carbons (Fsp3) is 0.379. The van der Waals surface area contributed by atoms with Crippen LogP contribution in [0.2, 0.25) is 0 Å². The van der Waals surface area contributed by atoms with Crippen LogP contribution in [0, 0.1) is 11.7 Å². The van der Waals surface area contributed by atoms with Gasteiger partial charge in [0.15, 0.2) is 0 Å². The number of benzene rings is 3. The highest BCUT2D eigenvalue weighted by Crippen LogP contribution is 2.39. The number of hydrogen-bond acceptors (Lipinski definition) is 3. The van der Waals surface area contributed by atoms with Crippen molar-refractivity contribution in [3.63, 3.8) is 0 Å². The van der Waals surface area contributed by atoms with Crippen LogP contribution in [0.25, 0.3) is 0 Å². The maximum atomic E-state index is 13.2. The second-order valence-electron chi connectivity index (χ2n) is 9.02. The van der Waals surface area contributed by atoms with Crippen LogP contribution < -0.4 is 4.74 Å². The molecule has 1 aliphatic rings. The molecule has 0 radical (unpaired) electrons. The third-order valence-corrected chi connectivity index (χ3v) is 6.85. The van der Waals surface area contributed by atoms with Gasteiger partial charge in [0.1, 0.15) is 11.6 Å². The number of nitrogens with zero attached hydrogens (tertiary/aromatic N) is 1. The monoisotopic (exact) mass is 447 g/mol. The van der Waals surface area contributed by atoms with E-state index in [9.17, 15) is 9.50 Å². The standard InChI is InChI=1S/C29H34FNO2/c1-33-28-14-6-5-11-24(28)21-25-12-7-19-31(29(25)23-9-3-2-4-10-23)20-8-13-27(32)22-15-17-26(30)18-16-22/h2-6,9-11,14-18,25,27,29,32H,7-8,12-13,19-21H2,1H3/t25-,27?,29+/m0/s1. The molecule has 0 bridgehead atoms. The molecule has 0 saturated carbocycles. The first-order valence-electron chi connectivity index (χ1n) is 12.0. The van der Waals surface area contributed by atoms with Gasteiger partial charge in [-0.15, -0.1) is 0 Å². The first kappa shape index (κ1) is 23.5. The summed E-state index contributed by atoms with van der Waals surface area (Å²) in [7, 11) is 1.74. The molecule has 33 heavy (non-hydrogen) atoms. The lowest BCUT2D eigenvalue weighted by molar-refractivity contribution is 0.0819. The lowest BCUT2D eigenvalue weighted by Crippen LogP contribution is -2.40. The van der Waals surface area contributed by atoms with Crippen molar-refractivity contribution in [3.05, 3.63) is 101 Å². The molecule has 1 heterocycles. The lowest BCUT2D eigenvalue weighted by Gasteiger charge is -2.42. The van der Waals surface area contributed by atoms with Crippen LogP contribution in [-0.2, 0) is 6.42 Å². The van der Waals surface area contributed by atoms with Crippen LogP contribution in [0.1, 0.15) is 54.5 Å². The fourth-order valence-corrected chi connectivity index (χ4v) is 5.24. The Hall–Kier alpha value is -2.69. The van der Waals surface area contributed by atoms with Gasteiger partial charge in [0.25, 0.3) is 0 Å². The number of methoxy groups -OCH3 is 1. The predicted molar refractivity (Wildman–Crippen MR) is 131 cm³/mol. The summed E-state index contributed by atoms with van der Waals surface area (Å²) in [5, 5.41) is 10.6. The van der Waals surface area contributed by atoms with E-state index >= 15 is 0 Å². The van der Waals surface area contributed by atoms with Gasteiger partial charge >= 0.3 is 0 Å². The molecule has 1 saturated heterocycles. The molecule has 0 spiro atoms. The van der Waals surface area contributed by atoms with Crippen LogP contribution in [0.4, 0.5) is 4.39 Å². The smallest absolute Gasteiger partial charge is 0.123 e. The van der Waals surface area contributed by atoms with Crippen LogP contribution >= 0.6 is 0 Å². The molecule has 0 aromatic heterocycles. The maximum Gasteiger partial charge on any atom is 0.123 e. The van der Waals surface area contributed by atoms with E-state index in [4.69, 9.17) is 4.74 Å². The number of likely N-dealkylation sites (tertiary alicyclic amines) is 1. The highest BCUT2D eigenvalue weighted by Gasteiger charge is 2.33. The summed E-state index contributed by atoms with van der Waals surface area (Å²) < 4.78 is 18.8. The van der Waals surface area contributed by atoms with Crippen molar-refractivity contribution in [3.8, 4) is 5.75 Å². The van der Waals surface area contributed by atoms with E-state index in [2.05, 4.69) is 47.4 Å². The molecule has 4 heteroatoms. The third kappa shape index (κ3) is 6.01. The van der Waals surface area contributed by atoms with Crippen LogP contribution in [0.5, 0.6) is 5.75 Å². The molecule has 174 valence electrons. The summed E-state index contributed by atoms with van der Waals surface area (Å²) in [6.07, 6.45) is 4.34. The van der Waals surface area contributed by atoms with Crippen molar-refractivity contribution in [1.82, 2.24) is 4.90 Å². The summed E-state index contributed by atoms with van der Waals surface area (Å²) in [5.74, 6) is 1.19. The van der Waals surface area contributed by atoms with Crippen molar-refractivity contribution >= 4 is 0 Å². The minimum Gasteiger partial charge on any atom is -0.496 e. The van der Waals surface area contributed by atoms with Gasteiger partial charge in [-0.05, 0) is 86.0 Å². The van der Waals surface area contributed by atoms with Gasteiger partial charge < -0.3 is 9.84 Å². The topological polar surface area (TPSA) is 32.7 Å². The average molecular weight is 448 g/mol. The fourth-order valence-electron chi connectivity index (χ4n) is 5.24. The summed E-state index contributed by atoms with van der Waals surface area (Å²) in [4.78, 5) is 2.59. The molecular formula is C29H34FNO2. The van der Waals surface area contributed by atoms with Gasteiger partial charge in [-0.2, -0.15) is 0 Å². The zero-order valence-corrected chi connectivity index (χ0v) is 19.4. The SMILES string of the molecule is COc1ccccc1C[C@@H]1CCCN(CCCC(O)c2ccc(F)cc2)[C@@H]1c1ccccc1. The second kappa shape index (κ2) is 11.4. The highest BCUT2D eigenvalue weighted by atomic mass is 19.1. The molecule has 0 amide bonds. The molecule has 1 fully saturated rings. The Morgan fingerprint density at radius 3 is 2.48 bits per heavy atom. The van der Waals surface area contributed by atoms with Gasteiger partial charge in [0, 0.05) is 6.04 Å². The molecule has 1 unspecified atom stereocenters. The van der Waals surface area contributed by atoms with Gasteiger partial charge in [-0.25, -0.2) is 4.39 Å². The Balaban J connectivity index is 1.47. The van der Waals surface area contributed by atoms with Gasteiger partial charge in [0.05, 0.1) is 13.2 Å². The Kier molecular flexibility index (Phi) is 8.14. The maximum absolute atomic E-state index is 13.2. The normalized spacial score (nSPS) is 19.8. The minimum atomic E-state index is -0.560. The van der Waals surface area contributed by atoms with Gasteiger partial charge in [-0.3, -0.25) is 4.90 Å². The van der Waals surface area contributed by atoms with Crippen molar-refractivity contribution in [2.45, 2.75) is 44.2 Å². The number of rotatable bonds is 9. The number of halogens is 1. The number of aliphatic hydroxyl groups excluding tert-OH is 1. The summed E-state index contributed by atoms with van der Waals surface area (Å²) >= 11 is 0. The Morgan fingerprint density at radius 2 is 1.73 bits per heavy atom. The summed E-state index contributed by atoms with van der Waals surface area (Å²) in [5.41, 5.74) is 3.40. The first-order chi connectivity index (χ1) is 16.2. The van der Waals surface area contributed by atoms with Crippen LogP contribution in [-0.4, -0.2) is 30.2 Å².